The molecule has 1 N–H and O–H groups in total. The van der Waals surface area contributed by atoms with Crippen LogP contribution in [-0.4, -0.2) is 10.8 Å². The molecule has 1 amide bonds. The van der Waals surface area contributed by atoms with Gasteiger partial charge in [0.05, 0.1) is 4.92 Å². The number of carbonyl (C=O) groups is 1. The molecule has 0 atom stereocenters. The van der Waals surface area contributed by atoms with E-state index in [0.717, 1.165) is 0 Å². The van der Waals surface area contributed by atoms with E-state index in [0.29, 0.717) is 23.2 Å². The van der Waals surface area contributed by atoms with Crippen molar-refractivity contribution >= 4 is 17.3 Å². The van der Waals surface area contributed by atoms with Gasteiger partial charge in [0.25, 0.3) is 5.69 Å². The standard InChI is InChI=1S/C11H14N2O3/c1-4-11(14)12-9-5-8(3)10(13(15)16)6-7(9)2/h5-6H,4H2,1-3H3,(H,12,14). The molecular weight excluding hydrogens is 208 g/mol. The van der Waals surface area contributed by atoms with Crippen molar-refractivity contribution in [3.8, 4) is 0 Å². The fraction of sp³-hybridized carbons (Fsp3) is 0.364. The summed E-state index contributed by atoms with van der Waals surface area (Å²) in [4.78, 5) is 21.5. The van der Waals surface area contributed by atoms with E-state index in [1.165, 1.54) is 6.07 Å². The Kier molecular flexibility index (Phi) is 3.60. The zero-order chi connectivity index (χ0) is 12.3. The number of nitro groups is 1. The number of carbonyl (C=O) groups excluding carboxylic acids is 1. The number of nitro benzene ring substituents is 1. The fourth-order valence-corrected chi connectivity index (χ4v) is 1.37. The summed E-state index contributed by atoms with van der Waals surface area (Å²) in [6.45, 7) is 5.14. The smallest absolute Gasteiger partial charge is 0.272 e. The Bertz CT molecular complexity index is 441. The van der Waals surface area contributed by atoms with Crippen LogP contribution in [0.5, 0.6) is 0 Å². The van der Waals surface area contributed by atoms with E-state index in [2.05, 4.69) is 5.32 Å². The maximum absolute atomic E-state index is 11.2. The molecular formula is C11H14N2O3. The Hall–Kier alpha value is -1.91. The van der Waals surface area contributed by atoms with Crippen molar-refractivity contribution < 1.29 is 9.72 Å². The van der Waals surface area contributed by atoms with Gasteiger partial charge in [0.1, 0.15) is 0 Å². The Balaban J connectivity index is 3.10. The second-order valence-corrected chi connectivity index (χ2v) is 3.61. The summed E-state index contributed by atoms with van der Waals surface area (Å²) in [7, 11) is 0. The van der Waals surface area contributed by atoms with Gasteiger partial charge < -0.3 is 5.32 Å². The molecule has 0 radical (unpaired) electrons. The predicted molar refractivity (Wildman–Crippen MR) is 61.5 cm³/mol. The van der Waals surface area contributed by atoms with Gasteiger partial charge in [-0.05, 0) is 25.5 Å². The summed E-state index contributed by atoms with van der Waals surface area (Å²) >= 11 is 0. The highest BCUT2D eigenvalue weighted by Gasteiger charge is 2.13. The Morgan fingerprint density at radius 1 is 1.38 bits per heavy atom. The number of benzene rings is 1. The summed E-state index contributed by atoms with van der Waals surface area (Å²) in [5.74, 6) is -0.101. The molecule has 86 valence electrons. The average Bonchev–Trinajstić information content (AvgIpc) is 2.22. The van der Waals surface area contributed by atoms with E-state index in [1.807, 2.05) is 0 Å². The van der Waals surface area contributed by atoms with Crippen LogP contribution >= 0.6 is 0 Å². The van der Waals surface area contributed by atoms with Crippen molar-refractivity contribution in [2.24, 2.45) is 0 Å². The number of nitrogens with one attached hydrogen (secondary N) is 1. The lowest BCUT2D eigenvalue weighted by Gasteiger charge is -2.08. The molecule has 5 nitrogen and oxygen atoms in total. The van der Waals surface area contributed by atoms with Gasteiger partial charge in [-0.25, -0.2) is 0 Å². The lowest BCUT2D eigenvalue weighted by molar-refractivity contribution is -0.385. The Morgan fingerprint density at radius 2 is 2.00 bits per heavy atom. The Labute approximate surface area is 93.6 Å². The molecule has 0 bridgehead atoms. The topological polar surface area (TPSA) is 72.2 Å². The summed E-state index contributed by atoms with van der Waals surface area (Å²) in [6.07, 6.45) is 0.384. The first-order chi connectivity index (χ1) is 7.45. The quantitative estimate of drug-likeness (QED) is 0.631. The fourth-order valence-electron chi connectivity index (χ4n) is 1.37. The second-order valence-electron chi connectivity index (χ2n) is 3.61. The van der Waals surface area contributed by atoms with Crippen LogP contribution in [0.3, 0.4) is 0 Å². The van der Waals surface area contributed by atoms with Gasteiger partial charge in [0.2, 0.25) is 5.91 Å². The molecule has 1 aromatic rings. The molecule has 0 aromatic heterocycles. The van der Waals surface area contributed by atoms with Crippen LogP contribution in [0.4, 0.5) is 11.4 Å². The largest absolute Gasteiger partial charge is 0.326 e. The van der Waals surface area contributed by atoms with E-state index in [4.69, 9.17) is 0 Å². The number of rotatable bonds is 3. The molecule has 0 unspecified atom stereocenters. The maximum Gasteiger partial charge on any atom is 0.272 e. The highest BCUT2D eigenvalue weighted by molar-refractivity contribution is 5.91. The first-order valence-electron chi connectivity index (χ1n) is 5.01. The zero-order valence-electron chi connectivity index (χ0n) is 9.53. The monoisotopic (exact) mass is 222 g/mol. The molecule has 0 heterocycles. The Morgan fingerprint density at radius 3 is 2.50 bits per heavy atom. The summed E-state index contributed by atoms with van der Waals surface area (Å²) in [5.41, 5.74) is 1.95. The van der Waals surface area contributed by atoms with Crippen LogP contribution in [0.25, 0.3) is 0 Å². The molecule has 0 fully saturated rings. The number of nitrogens with zero attached hydrogens (tertiary/aromatic N) is 1. The van der Waals surface area contributed by atoms with Crippen molar-refractivity contribution in [1.82, 2.24) is 0 Å². The van der Waals surface area contributed by atoms with E-state index in [1.54, 1.807) is 26.8 Å². The third kappa shape index (κ3) is 2.56. The van der Waals surface area contributed by atoms with Crippen LogP contribution < -0.4 is 5.32 Å². The minimum Gasteiger partial charge on any atom is -0.326 e. The SMILES string of the molecule is CCC(=O)Nc1cc(C)c([N+](=O)[O-])cc1C. The van der Waals surface area contributed by atoms with Crippen LogP contribution in [0, 0.1) is 24.0 Å². The number of hydrogen-bond donors (Lipinski definition) is 1. The molecule has 0 saturated heterocycles. The van der Waals surface area contributed by atoms with Gasteiger partial charge in [-0.2, -0.15) is 0 Å². The first kappa shape index (κ1) is 12.2. The van der Waals surface area contributed by atoms with Crippen molar-refractivity contribution in [2.75, 3.05) is 5.32 Å². The number of hydrogen-bond acceptors (Lipinski definition) is 3. The highest BCUT2D eigenvalue weighted by atomic mass is 16.6. The molecule has 0 aliphatic heterocycles. The lowest BCUT2D eigenvalue weighted by atomic mass is 10.1. The number of amides is 1. The molecule has 1 aromatic carbocycles. The van der Waals surface area contributed by atoms with Crippen LogP contribution in [0.2, 0.25) is 0 Å². The number of aryl methyl sites for hydroxylation is 2. The second kappa shape index (κ2) is 4.74. The van der Waals surface area contributed by atoms with Crippen molar-refractivity contribution in [3.05, 3.63) is 33.4 Å². The molecule has 0 spiro atoms. The first-order valence-corrected chi connectivity index (χ1v) is 5.01. The van der Waals surface area contributed by atoms with Crippen molar-refractivity contribution in [2.45, 2.75) is 27.2 Å². The minimum atomic E-state index is -0.423. The molecule has 0 aliphatic carbocycles. The molecule has 0 aliphatic rings. The summed E-state index contributed by atoms with van der Waals surface area (Å²) in [6, 6.07) is 3.10. The highest BCUT2D eigenvalue weighted by Crippen LogP contribution is 2.25. The van der Waals surface area contributed by atoms with Gasteiger partial charge in [-0.3, -0.25) is 14.9 Å². The van der Waals surface area contributed by atoms with Gasteiger partial charge in [0, 0.05) is 23.7 Å². The lowest BCUT2D eigenvalue weighted by Crippen LogP contribution is -2.11. The van der Waals surface area contributed by atoms with Crippen LogP contribution in [-0.2, 0) is 4.79 Å². The van der Waals surface area contributed by atoms with Crippen molar-refractivity contribution in [1.29, 1.82) is 0 Å². The molecule has 1 rings (SSSR count). The van der Waals surface area contributed by atoms with Crippen LogP contribution in [0.15, 0.2) is 12.1 Å². The summed E-state index contributed by atoms with van der Waals surface area (Å²) in [5, 5.41) is 13.4. The van der Waals surface area contributed by atoms with E-state index < -0.39 is 4.92 Å². The van der Waals surface area contributed by atoms with Gasteiger partial charge in [-0.15, -0.1) is 0 Å². The third-order valence-electron chi connectivity index (χ3n) is 2.33. The number of anilines is 1. The molecule has 16 heavy (non-hydrogen) atoms. The van der Waals surface area contributed by atoms with Crippen LogP contribution in [0.1, 0.15) is 24.5 Å². The van der Waals surface area contributed by atoms with E-state index >= 15 is 0 Å². The maximum atomic E-state index is 11.2. The van der Waals surface area contributed by atoms with E-state index in [9.17, 15) is 14.9 Å². The summed E-state index contributed by atoms with van der Waals surface area (Å²) < 4.78 is 0. The van der Waals surface area contributed by atoms with Crippen molar-refractivity contribution in [3.63, 3.8) is 0 Å². The van der Waals surface area contributed by atoms with Gasteiger partial charge in [-0.1, -0.05) is 6.92 Å². The predicted octanol–water partition coefficient (Wildman–Crippen LogP) is 2.56. The van der Waals surface area contributed by atoms with E-state index in [-0.39, 0.29) is 11.6 Å². The van der Waals surface area contributed by atoms with Gasteiger partial charge in [0.15, 0.2) is 0 Å². The average molecular weight is 222 g/mol. The molecule has 5 heteroatoms. The normalized spacial score (nSPS) is 9.94. The minimum absolute atomic E-state index is 0.0759. The third-order valence-corrected chi connectivity index (χ3v) is 2.33. The zero-order valence-corrected chi connectivity index (χ0v) is 9.53. The van der Waals surface area contributed by atoms with Gasteiger partial charge >= 0.3 is 0 Å². The molecule has 0 saturated carbocycles.